The van der Waals surface area contributed by atoms with E-state index >= 15 is 0 Å². The molecule has 2 saturated carbocycles. The Hall–Kier alpha value is -2.60. The predicted molar refractivity (Wildman–Crippen MR) is 109 cm³/mol. The fourth-order valence-electron chi connectivity index (χ4n) is 4.63. The van der Waals surface area contributed by atoms with Crippen molar-refractivity contribution in [1.29, 1.82) is 0 Å². The van der Waals surface area contributed by atoms with Gasteiger partial charge in [-0.25, -0.2) is 4.98 Å². The van der Waals surface area contributed by atoms with Crippen molar-refractivity contribution in [1.82, 2.24) is 9.55 Å². The topological polar surface area (TPSA) is 89.3 Å². The van der Waals surface area contributed by atoms with Gasteiger partial charge in [-0.1, -0.05) is 49.6 Å². The van der Waals surface area contributed by atoms with Crippen LogP contribution in [-0.4, -0.2) is 32.3 Å². The summed E-state index contributed by atoms with van der Waals surface area (Å²) in [4.78, 5) is 43.4. The molecule has 1 heterocycles. The lowest BCUT2D eigenvalue weighted by atomic mass is 9.81. The second-order valence-electron chi connectivity index (χ2n) is 8.10. The molecule has 1 N–H and O–H groups in total. The number of aromatic nitrogens is 2. The number of hydrogen-bond donors (Lipinski definition) is 1. The second kappa shape index (κ2) is 8.41. The molecule has 2 aromatic rings. The SMILES string of the molecule is O=C1CCCC(O)C1C(=O)c1cnc(-c2ccccc2)n(C2CCCCC2)c1=O. The van der Waals surface area contributed by atoms with Crippen molar-refractivity contribution >= 4 is 11.6 Å². The largest absolute Gasteiger partial charge is 0.392 e. The Labute approximate surface area is 169 Å². The number of benzene rings is 1. The van der Waals surface area contributed by atoms with Crippen molar-refractivity contribution in [2.75, 3.05) is 0 Å². The number of aliphatic hydroxyl groups is 1. The number of aliphatic hydroxyl groups excluding tert-OH is 1. The molecule has 1 aromatic heterocycles. The van der Waals surface area contributed by atoms with E-state index in [9.17, 15) is 19.5 Å². The molecule has 0 radical (unpaired) electrons. The van der Waals surface area contributed by atoms with E-state index in [1.165, 1.54) is 6.20 Å². The van der Waals surface area contributed by atoms with Crippen molar-refractivity contribution in [2.45, 2.75) is 63.5 Å². The van der Waals surface area contributed by atoms with Gasteiger partial charge in [0.1, 0.15) is 23.1 Å². The summed E-state index contributed by atoms with van der Waals surface area (Å²) in [6.07, 6.45) is 6.43. The van der Waals surface area contributed by atoms with Gasteiger partial charge in [-0.05, 0) is 25.7 Å². The van der Waals surface area contributed by atoms with E-state index in [1.54, 1.807) is 4.57 Å². The third kappa shape index (κ3) is 3.81. The first-order valence-electron chi connectivity index (χ1n) is 10.5. The average Bonchev–Trinajstić information content (AvgIpc) is 2.74. The van der Waals surface area contributed by atoms with Gasteiger partial charge in [-0.2, -0.15) is 0 Å². The van der Waals surface area contributed by atoms with Crippen molar-refractivity contribution in [3.05, 3.63) is 52.4 Å². The minimum absolute atomic E-state index is 0.0151. The van der Waals surface area contributed by atoms with Crippen molar-refractivity contribution < 1.29 is 14.7 Å². The summed E-state index contributed by atoms with van der Waals surface area (Å²) < 4.78 is 1.65. The molecule has 0 bridgehead atoms. The molecule has 0 spiro atoms. The van der Waals surface area contributed by atoms with Gasteiger partial charge in [-0.3, -0.25) is 19.0 Å². The van der Waals surface area contributed by atoms with Crippen molar-refractivity contribution in [2.24, 2.45) is 5.92 Å². The standard InChI is InChI=1S/C23H26N2O4/c26-18-12-7-13-19(27)20(18)21(28)17-14-24-22(15-8-3-1-4-9-15)25(23(17)29)16-10-5-2-6-11-16/h1,3-4,8-9,14,16,18,20,26H,2,5-7,10-13H2. The lowest BCUT2D eigenvalue weighted by Gasteiger charge is -2.28. The third-order valence-corrected chi connectivity index (χ3v) is 6.17. The lowest BCUT2D eigenvalue weighted by molar-refractivity contribution is -0.126. The second-order valence-corrected chi connectivity index (χ2v) is 8.10. The summed E-state index contributed by atoms with van der Waals surface area (Å²) >= 11 is 0. The minimum atomic E-state index is -1.15. The van der Waals surface area contributed by atoms with Gasteiger partial charge >= 0.3 is 0 Å². The van der Waals surface area contributed by atoms with Crippen LogP contribution in [-0.2, 0) is 4.79 Å². The van der Waals surface area contributed by atoms with Crippen LogP contribution in [0.5, 0.6) is 0 Å². The highest BCUT2D eigenvalue weighted by Crippen LogP contribution is 2.31. The van der Waals surface area contributed by atoms with E-state index in [1.807, 2.05) is 30.3 Å². The molecule has 0 saturated heterocycles. The maximum Gasteiger partial charge on any atom is 0.264 e. The molecular formula is C23H26N2O4. The smallest absolute Gasteiger partial charge is 0.264 e. The van der Waals surface area contributed by atoms with Gasteiger partial charge in [0.15, 0.2) is 5.78 Å². The number of carbonyl (C=O) groups excluding carboxylic acids is 2. The zero-order valence-electron chi connectivity index (χ0n) is 16.4. The van der Waals surface area contributed by atoms with Crippen LogP contribution in [0.15, 0.2) is 41.3 Å². The average molecular weight is 394 g/mol. The zero-order valence-corrected chi connectivity index (χ0v) is 16.4. The maximum atomic E-state index is 13.5. The molecule has 4 rings (SSSR count). The van der Waals surface area contributed by atoms with E-state index in [0.717, 1.165) is 37.7 Å². The molecule has 2 atom stereocenters. The summed E-state index contributed by atoms with van der Waals surface area (Å²) in [5, 5.41) is 10.2. The number of carbonyl (C=O) groups is 2. The number of hydrogen-bond acceptors (Lipinski definition) is 5. The van der Waals surface area contributed by atoms with Crippen LogP contribution in [0.4, 0.5) is 0 Å². The van der Waals surface area contributed by atoms with Gasteiger partial charge in [0.05, 0.1) is 6.10 Å². The summed E-state index contributed by atoms with van der Waals surface area (Å²) in [7, 11) is 0. The van der Waals surface area contributed by atoms with E-state index in [0.29, 0.717) is 18.7 Å². The van der Waals surface area contributed by atoms with E-state index < -0.39 is 23.4 Å². The first-order chi connectivity index (χ1) is 14.1. The molecule has 0 amide bonds. The molecule has 2 aliphatic rings. The number of nitrogens with zero attached hydrogens (tertiary/aromatic N) is 2. The molecule has 2 unspecified atom stereocenters. The van der Waals surface area contributed by atoms with Crippen LogP contribution < -0.4 is 5.56 Å². The first kappa shape index (κ1) is 19.7. The third-order valence-electron chi connectivity index (χ3n) is 6.17. The lowest BCUT2D eigenvalue weighted by Crippen LogP contribution is -2.42. The highest BCUT2D eigenvalue weighted by molar-refractivity contribution is 6.11. The Morgan fingerprint density at radius 1 is 1.00 bits per heavy atom. The molecule has 2 fully saturated rings. The Morgan fingerprint density at radius 2 is 1.72 bits per heavy atom. The van der Waals surface area contributed by atoms with Gasteiger partial charge < -0.3 is 5.11 Å². The fraction of sp³-hybridized carbons (Fsp3) is 0.478. The highest BCUT2D eigenvalue weighted by Gasteiger charge is 2.38. The van der Waals surface area contributed by atoms with Crippen LogP contribution in [0.25, 0.3) is 11.4 Å². The fourth-order valence-corrected chi connectivity index (χ4v) is 4.63. The van der Waals surface area contributed by atoms with Crippen LogP contribution in [0.2, 0.25) is 0 Å². The molecule has 6 nitrogen and oxygen atoms in total. The van der Waals surface area contributed by atoms with E-state index in [2.05, 4.69) is 4.98 Å². The van der Waals surface area contributed by atoms with Crippen LogP contribution in [0, 0.1) is 5.92 Å². The molecule has 0 aliphatic heterocycles. The zero-order chi connectivity index (χ0) is 20.4. The van der Waals surface area contributed by atoms with Gasteiger partial charge in [0, 0.05) is 24.2 Å². The highest BCUT2D eigenvalue weighted by atomic mass is 16.3. The quantitative estimate of drug-likeness (QED) is 0.635. The first-order valence-corrected chi connectivity index (χ1v) is 10.5. The van der Waals surface area contributed by atoms with Gasteiger partial charge in [0.2, 0.25) is 0 Å². The number of Topliss-reactive ketones (excluding diaryl/α,β-unsaturated/α-hetero) is 2. The molecule has 2 aliphatic carbocycles. The van der Waals surface area contributed by atoms with Crippen molar-refractivity contribution in [3.8, 4) is 11.4 Å². The molecule has 1 aromatic carbocycles. The van der Waals surface area contributed by atoms with Crippen LogP contribution in [0.3, 0.4) is 0 Å². The normalized spacial score (nSPS) is 23.1. The van der Waals surface area contributed by atoms with Gasteiger partial charge in [0.25, 0.3) is 5.56 Å². The van der Waals surface area contributed by atoms with E-state index in [-0.39, 0.29) is 23.8 Å². The summed E-state index contributed by atoms with van der Waals surface area (Å²) in [5.74, 6) is -1.48. The number of rotatable bonds is 4. The van der Waals surface area contributed by atoms with Gasteiger partial charge in [-0.15, -0.1) is 0 Å². The predicted octanol–water partition coefficient (Wildman–Crippen LogP) is 3.33. The van der Waals surface area contributed by atoms with E-state index in [4.69, 9.17) is 0 Å². The summed E-state index contributed by atoms with van der Waals surface area (Å²) in [5.41, 5.74) is 0.332. The Bertz CT molecular complexity index is 961. The Morgan fingerprint density at radius 3 is 2.41 bits per heavy atom. The summed E-state index contributed by atoms with van der Waals surface area (Å²) in [6, 6.07) is 9.47. The van der Waals surface area contributed by atoms with Crippen LogP contribution >= 0.6 is 0 Å². The van der Waals surface area contributed by atoms with Crippen molar-refractivity contribution in [3.63, 3.8) is 0 Å². The van der Waals surface area contributed by atoms with Crippen LogP contribution in [0.1, 0.15) is 67.8 Å². The Balaban J connectivity index is 1.81. The molecule has 6 heteroatoms. The molecule has 152 valence electrons. The molecule has 29 heavy (non-hydrogen) atoms. The maximum absolute atomic E-state index is 13.5. The molecular weight excluding hydrogens is 368 g/mol. The minimum Gasteiger partial charge on any atom is -0.392 e. The monoisotopic (exact) mass is 394 g/mol. The Kier molecular flexibility index (Phi) is 5.72. The number of ketones is 2. The summed E-state index contributed by atoms with van der Waals surface area (Å²) in [6.45, 7) is 0.